The van der Waals surface area contributed by atoms with Crippen molar-refractivity contribution in [2.75, 3.05) is 11.1 Å². The largest absolute Gasteiger partial charge is 0.384 e. The molecule has 1 heterocycles. The van der Waals surface area contributed by atoms with Crippen LogP contribution in [0.25, 0.3) is 0 Å². The summed E-state index contributed by atoms with van der Waals surface area (Å²) in [6, 6.07) is 11.1. The Morgan fingerprint density at radius 2 is 1.95 bits per heavy atom. The van der Waals surface area contributed by atoms with Gasteiger partial charge in [-0.15, -0.1) is 0 Å². The zero-order chi connectivity index (χ0) is 13.8. The number of aromatic nitrogens is 1. The van der Waals surface area contributed by atoms with Gasteiger partial charge in [-0.2, -0.15) is 0 Å². The van der Waals surface area contributed by atoms with Gasteiger partial charge >= 0.3 is 0 Å². The van der Waals surface area contributed by atoms with Crippen molar-refractivity contribution in [3.8, 4) is 0 Å². The van der Waals surface area contributed by atoms with E-state index in [2.05, 4.69) is 17.2 Å². The fraction of sp³-hybridized carbons (Fsp3) is 0.200. The van der Waals surface area contributed by atoms with E-state index in [0.29, 0.717) is 11.4 Å². The highest BCUT2D eigenvalue weighted by atomic mass is 16.1. The molecule has 0 radical (unpaired) electrons. The molecule has 1 amide bonds. The van der Waals surface area contributed by atoms with Gasteiger partial charge in [0.1, 0.15) is 5.82 Å². The maximum Gasteiger partial charge on any atom is 0.255 e. The molecule has 1 aromatic carbocycles. The van der Waals surface area contributed by atoms with Crippen molar-refractivity contribution in [1.82, 2.24) is 4.98 Å². The van der Waals surface area contributed by atoms with Gasteiger partial charge in [0.05, 0.1) is 0 Å². The third-order valence-corrected chi connectivity index (χ3v) is 2.86. The van der Waals surface area contributed by atoms with Crippen LogP contribution < -0.4 is 11.1 Å². The summed E-state index contributed by atoms with van der Waals surface area (Å²) < 4.78 is 0. The van der Waals surface area contributed by atoms with Gasteiger partial charge in [0.25, 0.3) is 5.91 Å². The lowest BCUT2D eigenvalue weighted by molar-refractivity contribution is 0.102. The van der Waals surface area contributed by atoms with Crippen LogP contribution in [-0.4, -0.2) is 10.9 Å². The van der Waals surface area contributed by atoms with Gasteiger partial charge in [0, 0.05) is 16.9 Å². The number of nitrogens with zero attached hydrogens (tertiary/aromatic N) is 1. The topological polar surface area (TPSA) is 68.0 Å². The van der Waals surface area contributed by atoms with Gasteiger partial charge in [-0.1, -0.05) is 19.1 Å². The minimum Gasteiger partial charge on any atom is -0.384 e. The van der Waals surface area contributed by atoms with E-state index < -0.39 is 0 Å². The lowest BCUT2D eigenvalue weighted by Crippen LogP contribution is -2.13. The normalized spacial score (nSPS) is 10.2. The summed E-state index contributed by atoms with van der Waals surface area (Å²) in [4.78, 5) is 16.1. The van der Waals surface area contributed by atoms with E-state index in [1.165, 1.54) is 5.56 Å². The summed E-state index contributed by atoms with van der Waals surface area (Å²) in [5, 5.41) is 2.84. The first-order valence-electron chi connectivity index (χ1n) is 6.23. The predicted octanol–water partition coefficient (Wildman–Crippen LogP) is 2.79. The zero-order valence-electron chi connectivity index (χ0n) is 11.1. The monoisotopic (exact) mass is 255 g/mol. The molecule has 0 bridgehead atoms. The average Bonchev–Trinajstić information content (AvgIpc) is 2.38. The van der Waals surface area contributed by atoms with Crippen LogP contribution in [0.5, 0.6) is 0 Å². The molecule has 0 aliphatic carbocycles. The highest BCUT2D eigenvalue weighted by Crippen LogP contribution is 2.13. The second-order valence-corrected chi connectivity index (χ2v) is 4.43. The maximum absolute atomic E-state index is 12.1. The zero-order valence-corrected chi connectivity index (χ0v) is 11.1. The molecular weight excluding hydrogens is 238 g/mol. The standard InChI is InChI=1S/C15H17N3O/c1-3-11-4-6-13(7-5-11)18-15(19)12-8-10(2)17-14(16)9-12/h4-9H,3H2,1-2H3,(H2,16,17)(H,18,19). The molecule has 0 fully saturated rings. The van der Waals surface area contributed by atoms with E-state index >= 15 is 0 Å². The van der Waals surface area contributed by atoms with Crippen molar-refractivity contribution in [3.05, 3.63) is 53.2 Å². The molecule has 0 aliphatic heterocycles. The Labute approximate surface area is 112 Å². The van der Waals surface area contributed by atoms with Gasteiger partial charge in [-0.25, -0.2) is 4.98 Å². The number of amides is 1. The van der Waals surface area contributed by atoms with Crippen LogP contribution in [0.2, 0.25) is 0 Å². The van der Waals surface area contributed by atoms with Gasteiger partial charge in [-0.3, -0.25) is 4.79 Å². The molecule has 0 atom stereocenters. The van der Waals surface area contributed by atoms with Crippen molar-refractivity contribution in [2.45, 2.75) is 20.3 Å². The Bertz CT molecular complexity index is 571. The minimum atomic E-state index is -0.179. The molecule has 19 heavy (non-hydrogen) atoms. The smallest absolute Gasteiger partial charge is 0.255 e. The van der Waals surface area contributed by atoms with Crippen molar-refractivity contribution in [3.63, 3.8) is 0 Å². The van der Waals surface area contributed by atoms with Crippen LogP contribution in [-0.2, 0) is 6.42 Å². The Balaban J connectivity index is 2.15. The number of carbonyl (C=O) groups is 1. The van der Waals surface area contributed by atoms with Crippen LogP contribution >= 0.6 is 0 Å². The number of hydrogen-bond donors (Lipinski definition) is 2. The molecule has 3 N–H and O–H groups in total. The first-order valence-corrected chi connectivity index (χ1v) is 6.23. The first-order chi connectivity index (χ1) is 9.08. The van der Waals surface area contributed by atoms with E-state index in [-0.39, 0.29) is 5.91 Å². The molecular formula is C15H17N3O. The first kappa shape index (κ1) is 13.1. The number of hydrogen-bond acceptors (Lipinski definition) is 3. The SMILES string of the molecule is CCc1ccc(NC(=O)c2cc(C)nc(N)c2)cc1. The van der Waals surface area contributed by atoms with Gasteiger partial charge in [-0.05, 0) is 43.2 Å². The van der Waals surface area contributed by atoms with Crippen LogP contribution in [0.4, 0.5) is 11.5 Å². The van der Waals surface area contributed by atoms with Crippen molar-refractivity contribution < 1.29 is 4.79 Å². The number of aryl methyl sites for hydroxylation is 2. The fourth-order valence-electron chi connectivity index (χ4n) is 1.85. The van der Waals surface area contributed by atoms with Crippen LogP contribution in [0.1, 0.15) is 28.5 Å². The summed E-state index contributed by atoms with van der Waals surface area (Å²) >= 11 is 0. The average molecular weight is 255 g/mol. The molecule has 1 aromatic heterocycles. The molecule has 2 aromatic rings. The van der Waals surface area contributed by atoms with E-state index in [9.17, 15) is 4.79 Å². The second-order valence-electron chi connectivity index (χ2n) is 4.43. The van der Waals surface area contributed by atoms with E-state index in [1.54, 1.807) is 12.1 Å². The van der Waals surface area contributed by atoms with Crippen LogP contribution in [0, 0.1) is 6.92 Å². The quantitative estimate of drug-likeness (QED) is 0.886. The highest BCUT2D eigenvalue weighted by molar-refractivity contribution is 6.04. The van der Waals surface area contributed by atoms with Crippen LogP contribution in [0.15, 0.2) is 36.4 Å². The number of rotatable bonds is 3. The molecule has 0 spiro atoms. The van der Waals surface area contributed by atoms with E-state index in [1.807, 2.05) is 31.2 Å². The summed E-state index contributed by atoms with van der Waals surface area (Å²) in [5.41, 5.74) is 8.90. The summed E-state index contributed by atoms with van der Waals surface area (Å²) in [7, 11) is 0. The van der Waals surface area contributed by atoms with Gasteiger partial charge in [0.15, 0.2) is 0 Å². The number of pyridine rings is 1. The molecule has 4 heteroatoms. The fourth-order valence-corrected chi connectivity index (χ4v) is 1.85. The number of benzene rings is 1. The van der Waals surface area contributed by atoms with Crippen LogP contribution in [0.3, 0.4) is 0 Å². The number of nitrogen functional groups attached to an aromatic ring is 1. The van der Waals surface area contributed by atoms with E-state index in [4.69, 9.17) is 5.73 Å². The molecule has 0 saturated carbocycles. The number of anilines is 2. The van der Waals surface area contributed by atoms with Crippen molar-refractivity contribution >= 4 is 17.4 Å². The Morgan fingerprint density at radius 3 is 2.53 bits per heavy atom. The highest BCUT2D eigenvalue weighted by Gasteiger charge is 2.08. The summed E-state index contributed by atoms with van der Waals surface area (Å²) in [5.74, 6) is 0.174. The molecule has 4 nitrogen and oxygen atoms in total. The van der Waals surface area contributed by atoms with Crippen molar-refractivity contribution in [1.29, 1.82) is 0 Å². The van der Waals surface area contributed by atoms with Crippen molar-refractivity contribution in [2.24, 2.45) is 0 Å². The summed E-state index contributed by atoms with van der Waals surface area (Å²) in [6.07, 6.45) is 0.980. The lowest BCUT2D eigenvalue weighted by atomic mass is 10.1. The Hall–Kier alpha value is -2.36. The maximum atomic E-state index is 12.1. The molecule has 98 valence electrons. The Kier molecular flexibility index (Phi) is 3.80. The number of carbonyl (C=O) groups excluding carboxylic acids is 1. The molecule has 0 saturated heterocycles. The molecule has 2 rings (SSSR count). The number of nitrogens with two attached hydrogens (primary N) is 1. The van der Waals surface area contributed by atoms with Gasteiger partial charge in [0.2, 0.25) is 0 Å². The lowest BCUT2D eigenvalue weighted by Gasteiger charge is -2.07. The van der Waals surface area contributed by atoms with Gasteiger partial charge < -0.3 is 11.1 Å². The molecule has 0 unspecified atom stereocenters. The third-order valence-electron chi connectivity index (χ3n) is 2.86. The summed E-state index contributed by atoms with van der Waals surface area (Å²) in [6.45, 7) is 3.90. The third kappa shape index (κ3) is 3.31. The molecule has 0 aliphatic rings. The minimum absolute atomic E-state index is 0.179. The number of nitrogens with one attached hydrogen (secondary N) is 1. The Morgan fingerprint density at radius 1 is 1.26 bits per heavy atom. The van der Waals surface area contributed by atoms with E-state index in [0.717, 1.165) is 17.8 Å². The predicted molar refractivity (Wildman–Crippen MR) is 77.2 cm³/mol. The second kappa shape index (κ2) is 5.52.